The number of methoxy groups -OCH3 is 1. The van der Waals surface area contributed by atoms with Crippen LogP contribution in [0.1, 0.15) is 24.1 Å². The zero-order chi connectivity index (χ0) is 14.4. The quantitative estimate of drug-likeness (QED) is 0.848. The monoisotopic (exact) mass is 333 g/mol. The molecule has 2 aromatic carbocycles. The third kappa shape index (κ3) is 4.36. The van der Waals surface area contributed by atoms with Crippen molar-refractivity contribution in [3.8, 4) is 5.75 Å². The first-order chi connectivity index (χ1) is 9.69. The van der Waals surface area contributed by atoms with Crippen molar-refractivity contribution in [1.82, 2.24) is 5.32 Å². The number of hydrogen-bond donors (Lipinski definition) is 1. The van der Waals surface area contributed by atoms with Gasteiger partial charge in [-0.1, -0.05) is 40.2 Å². The second kappa shape index (κ2) is 7.46. The van der Waals surface area contributed by atoms with Gasteiger partial charge in [-0.15, -0.1) is 0 Å². The van der Waals surface area contributed by atoms with E-state index in [-0.39, 0.29) is 0 Å². The zero-order valence-corrected chi connectivity index (χ0v) is 13.5. The maximum atomic E-state index is 5.16. The average Bonchev–Trinajstić information content (AvgIpc) is 2.48. The van der Waals surface area contributed by atoms with E-state index in [0.717, 1.165) is 23.2 Å². The van der Waals surface area contributed by atoms with Crippen molar-refractivity contribution in [2.75, 3.05) is 13.7 Å². The molecule has 0 amide bonds. The summed E-state index contributed by atoms with van der Waals surface area (Å²) < 4.78 is 6.28. The van der Waals surface area contributed by atoms with Crippen LogP contribution in [0.4, 0.5) is 0 Å². The van der Waals surface area contributed by atoms with Crippen molar-refractivity contribution in [2.24, 2.45) is 0 Å². The third-order valence-corrected chi connectivity index (χ3v) is 3.87. The summed E-state index contributed by atoms with van der Waals surface area (Å²) in [5, 5.41) is 3.55. The van der Waals surface area contributed by atoms with Crippen LogP contribution in [-0.2, 0) is 6.42 Å². The number of hydrogen-bond acceptors (Lipinski definition) is 2. The van der Waals surface area contributed by atoms with Crippen LogP contribution in [0, 0.1) is 0 Å². The van der Waals surface area contributed by atoms with Gasteiger partial charge >= 0.3 is 0 Å². The molecule has 0 aromatic heterocycles. The minimum atomic E-state index is 0.353. The normalized spacial score (nSPS) is 12.2. The lowest BCUT2D eigenvalue weighted by Crippen LogP contribution is -2.21. The molecule has 2 nitrogen and oxygen atoms in total. The van der Waals surface area contributed by atoms with Crippen LogP contribution in [0.2, 0.25) is 0 Å². The lowest BCUT2D eigenvalue weighted by molar-refractivity contribution is 0.414. The Morgan fingerprint density at radius 3 is 2.55 bits per heavy atom. The molecule has 0 saturated heterocycles. The van der Waals surface area contributed by atoms with Crippen LogP contribution < -0.4 is 10.1 Å². The van der Waals surface area contributed by atoms with E-state index in [2.05, 4.69) is 58.5 Å². The topological polar surface area (TPSA) is 21.3 Å². The second-order valence-corrected chi connectivity index (χ2v) is 5.74. The molecule has 0 bridgehead atoms. The van der Waals surface area contributed by atoms with Gasteiger partial charge in [-0.05, 0) is 55.3 Å². The van der Waals surface area contributed by atoms with Gasteiger partial charge in [0, 0.05) is 10.5 Å². The van der Waals surface area contributed by atoms with Gasteiger partial charge in [0.2, 0.25) is 0 Å². The Morgan fingerprint density at radius 1 is 1.15 bits per heavy atom. The van der Waals surface area contributed by atoms with E-state index in [0.29, 0.717) is 6.04 Å². The van der Waals surface area contributed by atoms with Gasteiger partial charge in [0.05, 0.1) is 7.11 Å². The van der Waals surface area contributed by atoms with E-state index in [1.54, 1.807) is 7.11 Å². The van der Waals surface area contributed by atoms with E-state index in [1.165, 1.54) is 11.1 Å². The Hall–Kier alpha value is -1.32. The standard InChI is InChI=1S/C17H20BrNO/c1-13(15-4-3-5-16(18)12-15)19-11-10-14-6-8-17(20-2)9-7-14/h3-9,12-13,19H,10-11H2,1-2H3. The molecule has 1 atom stereocenters. The Kier molecular flexibility index (Phi) is 5.62. The molecule has 0 radical (unpaired) electrons. The number of halogens is 1. The van der Waals surface area contributed by atoms with Crippen molar-refractivity contribution >= 4 is 15.9 Å². The molecular weight excluding hydrogens is 314 g/mol. The van der Waals surface area contributed by atoms with Gasteiger partial charge in [0.25, 0.3) is 0 Å². The first-order valence-corrected chi connectivity index (χ1v) is 7.60. The molecule has 20 heavy (non-hydrogen) atoms. The summed E-state index contributed by atoms with van der Waals surface area (Å²) in [6.07, 6.45) is 1.02. The Bertz CT molecular complexity index is 539. The van der Waals surface area contributed by atoms with Crippen molar-refractivity contribution in [1.29, 1.82) is 0 Å². The second-order valence-electron chi connectivity index (χ2n) is 4.83. The molecule has 0 aliphatic heterocycles. The smallest absolute Gasteiger partial charge is 0.118 e. The first kappa shape index (κ1) is 15.1. The molecule has 0 spiro atoms. The molecule has 3 heteroatoms. The molecule has 0 aliphatic rings. The van der Waals surface area contributed by atoms with Crippen molar-refractivity contribution in [3.63, 3.8) is 0 Å². The summed E-state index contributed by atoms with van der Waals surface area (Å²) >= 11 is 3.51. The van der Waals surface area contributed by atoms with Crippen LogP contribution in [0.15, 0.2) is 53.0 Å². The maximum Gasteiger partial charge on any atom is 0.118 e. The molecule has 0 aliphatic carbocycles. The number of ether oxygens (including phenoxy) is 1. The van der Waals surface area contributed by atoms with Crippen molar-refractivity contribution < 1.29 is 4.74 Å². The summed E-state index contributed by atoms with van der Waals surface area (Å²) in [6.45, 7) is 3.15. The van der Waals surface area contributed by atoms with Crippen molar-refractivity contribution in [3.05, 3.63) is 64.1 Å². The highest BCUT2D eigenvalue weighted by atomic mass is 79.9. The maximum absolute atomic E-state index is 5.16. The lowest BCUT2D eigenvalue weighted by atomic mass is 10.1. The van der Waals surface area contributed by atoms with Crippen LogP contribution in [0.25, 0.3) is 0 Å². The molecule has 1 unspecified atom stereocenters. The third-order valence-electron chi connectivity index (χ3n) is 3.37. The largest absolute Gasteiger partial charge is 0.497 e. The lowest BCUT2D eigenvalue weighted by Gasteiger charge is -2.14. The molecular formula is C17H20BrNO. The van der Waals surface area contributed by atoms with Gasteiger partial charge in [-0.3, -0.25) is 0 Å². The Balaban J connectivity index is 1.82. The summed E-state index contributed by atoms with van der Waals surface area (Å²) in [5.41, 5.74) is 2.62. The van der Waals surface area contributed by atoms with Gasteiger partial charge in [-0.2, -0.15) is 0 Å². The predicted molar refractivity (Wildman–Crippen MR) is 87.3 cm³/mol. The van der Waals surface area contributed by atoms with E-state index in [4.69, 9.17) is 4.74 Å². The predicted octanol–water partition coefficient (Wildman–Crippen LogP) is 4.35. The molecule has 0 fully saturated rings. The van der Waals surface area contributed by atoms with Gasteiger partial charge in [-0.25, -0.2) is 0 Å². The Labute approximate surface area is 129 Å². The minimum Gasteiger partial charge on any atom is -0.497 e. The van der Waals surface area contributed by atoms with Crippen molar-refractivity contribution in [2.45, 2.75) is 19.4 Å². The fourth-order valence-electron chi connectivity index (χ4n) is 2.12. The molecule has 1 N–H and O–H groups in total. The van der Waals surface area contributed by atoms with Gasteiger partial charge in [0.15, 0.2) is 0 Å². The van der Waals surface area contributed by atoms with Gasteiger partial charge < -0.3 is 10.1 Å². The molecule has 2 rings (SSSR count). The molecule has 0 heterocycles. The highest BCUT2D eigenvalue weighted by Crippen LogP contribution is 2.18. The number of rotatable bonds is 6. The van der Waals surface area contributed by atoms with Crippen LogP contribution in [0.3, 0.4) is 0 Å². The number of nitrogens with one attached hydrogen (secondary N) is 1. The fraction of sp³-hybridized carbons (Fsp3) is 0.294. The first-order valence-electron chi connectivity index (χ1n) is 6.81. The fourth-order valence-corrected chi connectivity index (χ4v) is 2.54. The summed E-state index contributed by atoms with van der Waals surface area (Å²) in [6, 6.07) is 17.0. The molecule has 106 valence electrons. The zero-order valence-electron chi connectivity index (χ0n) is 11.9. The number of benzene rings is 2. The SMILES string of the molecule is COc1ccc(CCNC(C)c2cccc(Br)c2)cc1. The Morgan fingerprint density at radius 2 is 1.90 bits per heavy atom. The van der Waals surface area contributed by atoms with Crippen LogP contribution in [0.5, 0.6) is 5.75 Å². The van der Waals surface area contributed by atoms with E-state index < -0.39 is 0 Å². The van der Waals surface area contributed by atoms with Gasteiger partial charge in [0.1, 0.15) is 5.75 Å². The van der Waals surface area contributed by atoms with E-state index >= 15 is 0 Å². The van der Waals surface area contributed by atoms with Crippen LogP contribution >= 0.6 is 15.9 Å². The molecule has 2 aromatic rings. The van der Waals surface area contributed by atoms with E-state index in [9.17, 15) is 0 Å². The highest BCUT2D eigenvalue weighted by Gasteiger charge is 2.04. The van der Waals surface area contributed by atoms with E-state index in [1.807, 2.05) is 18.2 Å². The average molecular weight is 334 g/mol. The summed E-state index contributed by atoms with van der Waals surface area (Å²) in [4.78, 5) is 0. The highest BCUT2D eigenvalue weighted by molar-refractivity contribution is 9.10. The summed E-state index contributed by atoms with van der Waals surface area (Å²) in [5.74, 6) is 0.907. The summed E-state index contributed by atoms with van der Waals surface area (Å²) in [7, 11) is 1.69. The minimum absolute atomic E-state index is 0.353. The molecule has 0 saturated carbocycles. The van der Waals surface area contributed by atoms with Crippen LogP contribution in [-0.4, -0.2) is 13.7 Å².